The summed E-state index contributed by atoms with van der Waals surface area (Å²) in [4.78, 5) is 14.1. The fourth-order valence-corrected chi connectivity index (χ4v) is 4.54. The zero-order valence-electron chi connectivity index (χ0n) is 18.6. The van der Waals surface area contributed by atoms with Crippen molar-refractivity contribution in [3.8, 4) is 0 Å². The van der Waals surface area contributed by atoms with E-state index in [0.29, 0.717) is 85.6 Å². The molecule has 0 unspecified atom stereocenters. The number of hydrogen-bond donors (Lipinski definition) is 0. The molecule has 0 atom stereocenters. The Bertz CT molecular complexity index is 389. The summed E-state index contributed by atoms with van der Waals surface area (Å²) >= 11 is -1.69. The Labute approximate surface area is 178 Å². The molecule has 1 saturated heterocycles. The van der Waals surface area contributed by atoms with Crippen LogP contribution in [0.4, 0.5) is 0 Å². The summed E-state index contributed by atoms with van der Waals surface area (Å²) in [7, 11) is 0. The Balaban J connectivity index is 2.27. The normalized spacial score (nSPS) is 20.5. The van der Waals surface area contributed by atoms with Crippen LogP contribution in [0.1, 0.15) is 6.42 Å². The van der Waals surface area contributed by atoms with E-state index in [9.17, 15) is 4.79 Å². The molecule has 0 aromatic heterocycles. The minimum absolute atomic E-state index is 0.0854. The van der Waals surface area contributed by atoms with Gasteiger partial charge in [-0.05, 0) is 0 Å². The average Bonchev–Trinajstić information content (AvgIpc) is 2.67. The molecule has 1 heterocycles. The van der Waals surface area contributed by atoms with Gasteiger partial charge in [0.25, 0.3) is 0 Å². The summed E-state index contributed by atoms with van der Waals surface area (Å²) in [5, 5.41) is 1.01. The zero-order chi connectivity index (χ0) is 21.2. The molecular weight excluding hydrogens is 439 g/mol. The predicted molar refractivity (Wildman–Crippen MR) is 114 cm³/mol. The molecule has 0 aromatic carbocycles. The van der Waals surface area contributed by atoms with Crippen molar-refractivity contribution in [3.05, 3.63) is 0 Å². The van der Waals surface area contributed by atoms with Crippen molar-refractivity contribution in [1.29, 1.82) is 0 Å². The Morgan fingerprint density at radius 2 is 1.17 bits per heavy atom. The fourth-order valence-electron chi connectivity index (χ4n) is 2.54. The Hall–Kier alpha value is -0.227. The van der Waals surface area contributed by atoms with Crippen molar-refractivity contribution in [2.75, 3.05) is 92.3 Å². The van der Waals surface area contributed by atoms with Gasteiger partial charge in [0.05, 0.1) is 26.4 Å². The topological polar surface area (TPSA) is 75.7 Å². The monoisotopic (exact) mass is 481 g/mol. The maximum absolute atomic E-state index is 11.9. The molecule has 0 N–H and O–H groups in total. The Morgan fingerprint density at radius 1 is 0.759 bits per heavy atom. The van der Waals surface area contributed by atoms with E-state index in [1.807, 2.05) is 0 Å². The number of carbonyl (C=O) groups excluding carboxylic acids is 1. The first-order valence-electron chi connectivity index (χ1n) is 10.7. The van der Waals surface area contributed by atoms with Crippen molar-refractivity contribution in [2.45, 2.75) is 28.9 Å². The van der Waals surface area contributed by atoms with Crippen molar-refractivity contribution in [2.24, 2.45) is 0 Å². The van der Waals surface area contributed by atoms with Crippen LogP contribution in [-0.4, -0.2) is 116 Å². The van der Waals surface area contributed by atoms with Crippen LogP contribution < -0.4 is 0 Å². The number of carbonyl (C=O) groups is 1. The molecule has 0 aliphatic carbocycles. The first kappa shape index (κ1) is 26.8. The molecule has 0 saturated carbocycles. The van der Waals surface area contributed by atoms with Gasteiger partial charge in [-0.1, -0.05) is 0 Å². The Morgan fingerprint density at radius 3 is 1.59 bits per heavy atom. The SMILES string of the molecule is [CH3][Ge]([CH3])([CH3])[CH2]CC(=O)OCCN1CCOCCOCCOCCOCCOCC1. The summed E-state index contributed by atoms with van der Waals surface area (Å²) in [6.07, 6.45) is 0.542. The number of ether oxygens (including phenoxy) is 6. The molecule has 29 heavy (non-hydrogen) atoms. The first-order chi connectivity index (χ1) is 14.0. The van der Waals surface area contributed by atoms with Gasteiger partial charge in [0, 0.05) is 0 Å². The third-order valence-corrected chi connectivity index (χ3v) is 8.01. The molecular formula is C20H41GeNO7. The first-order valence-corrected chi connectivity index (χ1v) is 18.5. The van der Waals surface area contributed by atoms with Crippen LogP contribution in [0.15, 0.2) is 0 Å². The number of hydrogen-bond acceptors (Lipinski definition) is 8. The van der Waals surface area contributed by atoms with Gasteiger partial charge in [-0.2, -0.15) is 0 Å². The van der Waals surface area contributed by atoms with Crippen molar-refractivity contribution >= 4 is 19.2 Å². The van der Waals surface area contributed by atoms with Crippen molar-refractivity contribution < 1.29 is 33.2 Å². The molecule has 8 nitrogen and oxygen atoms in total. The van der Waals surface area contributed by atoms with Gasteiger partial charge in [0.2, 0.25) is 0 Å². The van der Waals surface area contributed by atoms with E-state index in [2.05, 4.69) is 22.2 Å². The second-order valence-corrected chi connectivity index (χ2v) is 20.0. The quantitative estimate of drug-likeness (QED) is 0.420. The standard InChI is InChI=1S/C20H41GeNO7/c1-21(2,3)5-4-20(23)29-11-8-22-6-9-24-12-14-26-16-18-28-19-17-27-15-13-25-10-7-22/h4-19H2,1-3H3. The van der Waals surface area contributed by atoms with Crippen LogP contribution in [0.2, 0.25) is 22.5 Å². The fraction of sp³-hybridized carbons (Fsp3) is 0.950. The summed E-state index contributed by atoms with van der Waals surface area (Å²) in [6, 6.07) is 0. The average molecular weight is 480 g/mol. The van der Waals surface area contributed by atoms with E-state index in [-0.39, 0.29) is 5.97 Å². The van der Waals surface area contributed by atoms with E-state index >= 15 is 0 Å². The summed E-state index contributed by atoms with van der Waals surface area (Å²) in [5.74, 6) is 6.85. The van der Waals surface area contributed by atoms with Gasteiger partial charge in [-0.25, -0.2) is 0 Å². The van der Waals surface area contributed by atoms with Crippen LogP contribution in [0.25, 0.3) is 0 Å². The van der Waals surface area contributed by atoms with Crippen molar-refractivity contribution in [3.63, 3.8) is 0 Å². The van der Waals surface area contributed by atoms with E-state index in [1.54, 1.807) is 0 Å². The summed E-state index contributed by atoms with van der Waals surface area (Å²) < 4.78 is 33.0. The van der Waals surface area contributed by atoms with Gasteiger partial charge in [-0.15, -0.1) is 0 Å². The van der Waals surface area contributed by atoms with E-state index in [0.717, 1.165) is 18.3 Å². The second-order valence-electron chi connectivity index (χ2n) is 8.18. The van der Waals surface area contributed by atoms with E-state index < -0.39 is 13.3 Å². The summed E-state index contributed by atoms with van der Waals surface area (Å²) in [5.41, 5.74) is 0. The molecule has 1 rings (SSSR count). The van der Waals surface area contributed by atoms with Gasteiger partial charge in [0.15, 0.2) is 0 Å². The molecule has 1 aliphatic heterocycles. The van der Waals surface area contributed by atoms with Gasteiger partial charge < -0.3 is 14.2 Å². The summed E-state index contributed by atoms with van der Waals surface area (Å²) in [6.45, 7) is 8.28. The van der Waals surface area contributed by atoms with Crippen LogP contribution in [0.3, 0.4) is 0 Å². The molecule has 1 fully saturated rings. The third-order valence-electron chi connectivity index (χ3n) is 4.34. The van der Waals surface area contributed by atoms with Crippen LogP contribution >= 0.6 is 0 Å². The Kier molecular flexibility index (Phi) is 16.1. The molecule has 9 heteroatoms. The van der Waals surface area contributed by atoms with Crippen molar-refractivity contribution in [1.82, 2.24) is 4.90 Å². The van der Waals surface area contributed by atoms with E-state index in [4.69, 9.17) is 28.4 Å². The minimum atomic E-state index is -1.69. The molecule has 0 aromatic rings. The molecule has 1 aliphatic rings. The van der Waals surface area contributed by atoms with Crippen LogP contribution in [-0.2, 0) is 33.2 Å². The van der Waals surface area contributed by atoms with Gasteiger partial charge in [-0.3, -0.25) is 0 Å². The molecule has 172 valence electrons. The molecule has 0 amide bonds. The molecule has 0 radical (unpaired) electrons. The third kappa shape index (κ3) is 18.3. The second kappa shape index (κ2) is 17.5. The number of rotatable bonds is 6. The maximum atomic E-state index is 11.9. The van der Waals surface area contributed by atoms with Gasteiger partial charge >= 0.3 is 138 Å². The zero-order valence-corrected chi connectivity index (χ0v) is 20.7. The predicted octanol–water partition coefficient (Wildman–Crippen LogP) is 1.66. The number of esters is 1. The molecule has 0 bridgehead atoms. The van der Waals surface area contributed by atoms with Gasteiger partial charge in [0.1, 0.15) is 0 Å². The number of nitrogens with zero attached hydrogens (tertiary/aromatic N) is 1. The van der Waals surface area contributed by atoms with Crippen LogP contribution in [0, 0.1) is 0 Å². The van der Waals surface area contributed by atoms with Crippen LogP contribution in [0.5, 0.6) is 0 Å². The molecule has 0 spiro atoms. The van der Waals surface area contributed by atoms with E-state index in [1.165, 1.54) is 0 Å².